The van der Waals surface area contributed by atoms with Crippen molar-refractivity contribution in [1.29, 1.82) is 0 Å². The van der Waals surface area contributed by atoms with Crippen molar-refractivity contribution < 1.29 is 9.47 Å². The average molecular weight is 356 g/mol. The van der Waals surface area contributed by atoms with Crippen molar-refractivity contribution >= 4 is 11.8 Å². The van der Waals surface area contributed by atoms with Crippen molar-refractivity contribution in [3.05, 3.63) is 53.6 Å². The molecule has 0 amide bonds. The van der Waals surface area contributed by atoms with Gasteiger partial charge in [-0.05, 0) is 38.1 Å². The van der Waals surface area contributed by atoms with Crippen LogP contribution >= 0.6 is 11.8 Å². The van der Waals surface area contributed by atoms with Gasteiger partial charge in [-0.2, -0.15) is 0 Å². The zero-order valence-corrected chi connectivity index (χ0v) is 15.6. The monoisotopic (exact) mass is 355 g/mol. The summed E-state index contributed by atoms with van der Waals surface area (Å²) < 4.78 is 11.5. The van der Waals surface area contributed by atoms with Gasteiger partial charge in [-0.25, -0.2) is 0 Å². The topological polar surface area (TPSA) is 21.7 Å². The Morgan fingerprint density at radius 1 is 1.04 bits per heavy atom. The molecule has 1 saturated heterocycles. The molecule has 1 atom stereocenters. The zero-order valence-electron chi connectivity index (χ0n) is 14.7. The normalized spacial score (nSPS) is 19.6. The van der Waals surface area contributed by atoms with E-state index in [1.54, 1.807) is 7.11 Å². The number of rotatable bonds is 5. The molecule has 0 saturated carbocycles. The number of nitrogens with zero attached hydrogens (tertiary/aromatic N) is 1. The average Bonchev–Trinajstić information content (AvgIpc) is 2.67. The molecule has 2 aliphatic heterocycles. The van der Waals surface area contributed by atoms with E-state index in [-0.39, 0.29) is 0 Å². The van der Waals surface area contributed by atoms with Gasteiger partial charge in [0.25, 0.3) is 0 Å². The van der Waals surface area contributed by atoms with Crippen LogP contribution in [0.5, 0.6) is 17.2 Å². The van der Waals surface area contributed by atoms with Gasteiger partial charge in [0, 0.05) is 29.5 Å². The highest BCUT2D eigenvalue weighted by Crippen LogP contribution is 2.50. The predicted molar refractivity (Wildman–Crippen MR) is 104 cm³/mol. The quantitative estimate of drug-likeness (QED) is 0.743. The van der Waals surface area contributed by atoms with E-state index in [0.29, 0.717) is 5.25 Å². The van der Waals surface area contributed by atoms with Gasteiger partial charge in [-0.1, -0.05) is 30.7 Å². The molecule has 1 unspecified atom stereocenters. The van der Waals surface area contributed by atoms with Gasteiger partial charge in [0.05, 0.1) is 12.4 Å². The Kier molecular flexibility index (Phi) is 5.18. The molecule has 25 heavy (non-hydrogen) atoms. The molecule has 0 aromatic heterocycles. The van der Waals surface area contributed by atoms with Crippen molar-refractivity contribution in [2.75, 3.05) is 32.5 Å². The molecule has 3 nitrogen and oxygen atoms in total. The van der Waals surface area contributed by atoms with Crippen molar-refractivity contribution in [2.24, 2.45) is 0 Å². The highest BCUT2D eigenvalue weighted by molar-refractivity contribution is 7.99. The van der Waals surface area contributed by atoms with Crippen LogP contribution in [-0.2, 0) is 0 Å². The van der Waals surface area contributed by atoms with Gasteiger partial charge >= 0.3 is 0 Å². The van der Waals surface area contributed by atoms with Crippen molar-refractivity contribution in [1.82, 2.24) is 4.90 Å². The van der Waals surface area contributed by atoms with Crippen molar-refractivity contribution in [2.45, 2.75) is 24.5 Å². The number of ether oxygens (including phenoxy) is 2. The fourth-order valence-electron chi connectivity index (χ4n) is 3.68. The van der Waals surface area contributed by atoms with Crippen LogP contribution < -0.4 is 9.47 Å². The van der Waals surface area contributed by atoms with E-state index in [2.05, 4.69) is 29.2 Å². The van der Waals surface area contributed by atoms with E-state index in [1.165, 1.54) is 50.0 Å². The molecule has 2 aromatic rings. The highest BCUT2D eigenvalue weighted by Gasteiger charge is 2.28. The summed E-state index contributed by atoms with van der Waals surface area (Å²) in [5, 5.41) is 0.329. The van der Waals surface area contributed by atoms with Gasteiger partial charge in [-0.15, -0.1) is 11.8 Å². The molecule has 1 fully saturated rings. The van der Waals surface area contributed by atoms with Crippen molar-refractivity contribution in [3.63, 3.8) is 0 Å². The summed E-state index contributed by atoms with van der Waals surface area (Å²) >= 11 is 2.03. The molecule has 4 rings (SSSR count). The fraction of sp³-hybridized carbons (Fsp3) is 0.429. The lowest BCUT2D eigenvalue weighted by Gasteiger charge is -2.30. The van der Waals surface area contributed by atoms with Crippen LogP contribution in [0.25, 0.3) is 0 Å². The molecular formula is C21H25NO2S. The molecule has 132 valence electrons. The smallest absolute Gasteiger partial charge is 0.135 e. The third-order valence-electron chi connectivity index (χ3n) is 5.07. The van der Waals surface area contributed by atoms with Gasteiger partial charge < -0.3 is 14.4 Å². The number of piperidine rings is 1. The first-order chi connectivity index (χ1) is 12.3. The first kappa shape index (κ1) is 16.8. The minimum Gasteiger partial charge on any atom is -0.497 e. The Morgan fingerprint density at radius 2 is 1.84 bits per heavy atom. The Bertz CT molecular complexity index is 728. The van der Waals surface area contributed by atoms with Gasteiger partial charge in [0.2, 0.25) is 0 Å². The van der Waals surface area contributed by atoms with Crippen LogP contribution in [0.1, 0.15) is 35.6 Å². The SMILES string of the molecule is COc1ccc2c(c1)Oc1ccccc1C2SCCN1CCCCC1. The second-order valence-corrected chi connectivity index (χ2v) is 7.91. The van der Waals surface area contributed by atoms with E-state index in [4.69, 9.17) is 9.47 Å². The largest absolute Gasteiger partial charge is 0.497 e. The lowest BCUT2D eigenvalue weighted by atomic mass is 9.99. The van der Waals surface area contributed by atoms with Crippen molar-refractivity contribution in [3.8, 4) is 17.2 Å². The predicted octanol–water partition coefficient (Wildman–Crippen LogP) is 5.11. The molecule has 2 heterocycles. The number of methoxy groups -OCH3 is 1. The standard InChI is InChI=1S/C21H25NO2S/c1-23-16-9-10-18-20(15-16)24-19-8-4-3-7-17(19)21(18)25-14-13-22-11-5-2-6-12-22/h3-4,7-10,15,21H,2,5-6,11-14H2,1H3. The first-order valence-corrected chi connectivity index (χ1v) is 10.2. The van der Waals surface area contributed by atoms with Gasteiger partial charge in [-0.3, -0.25) is 0 Å². The Hall–Kier alpha value is -1.65. The molecule has 0 spiro atoms. The summed E-state index contributed by atoms with van der Waals surface area (Å²) in [7, 11) is 1.70. The van der Waals surface area contributed by atoms with E-state index in [9.17, 15) is 0 Å². The minimum atomic E-state index is 0.329. The summed E-state index contributed by atoms with van der Waals surface area (Å²) in [5.74, 6) is 3.88. The van der Waals surface area contributed by atoms with Crippen LogP contribution in [0, 0.1) is 0 Å². The molecule has 4 heteroatoms. The molecule has 0 bridgehead atoms. The lowest BCUT2D eigenvalue weighted by molar-refractivity contribution is 0.242. The third-order valence-corrected chi connectivity index (χ3v) is 6.32. The summed E-state index contributed by atoms with van der Waals surface area (Å²) in [6, 6.07) is 14.6. The number of thioether (sulfide) groups is 1. The molecule has 0 radical (unpaired) electrons. The zero-order chi connectivity index (χ0) is 17.1. The molecule has 0 N–H and O–H groups in total. The summed E-state index contributed by atoms with van der Waals surface area (Å²) in [6.45, 7) is 3.70. The van der Waals surface area contributed by atoms with E-state index in [0.717, 1.165) is 23.0 Å². The number of likely N-dealkylation sites (tertiary alicyclic amines) is 1. The number of hydrogen-bond donors (Lipinski definition) is 0. The van der Waals surface area contributed by atoms with E-state index in [1.807, 2.05) is 30.0 Å². The van der Waals surface area contributed by atoms with E-state index >= 15 is 0 Å². The minimum absolute atomic E-state index is 0.329. The Labute approximate surface area is 154 Å². The molecular weight excluding hydrogens is 330 g/mol. The summed E-state index contributed by atoms with van der Waals surface area (Å²) in [6.07, 6.45) is 4.10. The number of fused-ring (bicyclic) bond motifs is 2. The Balaban J connectivity index is 1.53. The van der Waals surface area contributed by atoms with Crippen LogP contribution in [-0.4, -0.2) is 37.4 Å². The maximum atomic E-state index is 6.14. The maximum absolute atomic E-state index is 6.14. The highest BCUT2D eigenvalue weighted by atomic mass is 32.2. The van der Waals surface area contributed by atoms with Gasteiger partial charge in [0.15, 0.2) is 0 Å². The number of hydrogen-bond acceptors (Lipinski definition) is 4. The van der Waals surface area contributed by atoms with Crippen LogP contribution in [0.3, 0.4) is 0 Å². The second kappa shape index (κ2) is 7.71. The van der Waals surface area contributed by atoms with Crippen LogP contribution in [0.2, 0.25) is 0 Å². The molecule has 2 aliphatic rings. The Morgan fingerprint density at radius 3 is 2.68 bits per heavy atom. The summed E-state index contributed by atoms with van der Waals surface area (Å²) in [5.41, 5.74) is 2.53. The molecule has 2 aromatic carbocycles. The molecule has 0 aliphatic carbocycles. The van der Waals surface area contributed by atoms with Gasteiger partial charge in [0.1, 0.15) is 17.2 Å². The second-order valence-electron chi connectivity index (χ2n) is 6.70. The summed E-state index contributed by atoms with van der Waals surface area (Å²) in [4.78, 5) is 2.61. The van der Waals surface area contributed by atoms with Crippen LogP contribution in [0.4, 0.5) is 0 Å². The van der Waals surface area contributed by atoms with E-state index < -0.39 is 0 Å². The fourth-order valence-corrected chi connectivity index (χ4v) is 5.03. The third kappa shape index (κ3) is 3.65. The first-order valence-electron chi connectivity index (χ1n) is 9.14. The maximum Gasteiger partial charge on any atom is 0.135 e. The number of para-hydroxylation sites is 1. The van der Waals surface area contributed by atoms with Crippen LogP contribution in [0.15, 0.2) is 42.5 Å². The lowest BCUT2D eigenvalue weighted by Crippen LogP contribution is -2.31. The number of benzene rings is 2.